The van der Waals surface area contributed by atoms with E-state index in [9.17, 15) is 8.42 Å². The lowest BCUT2D eigenvalue weighted by molar-refractivity contribution is 0.346. The highest BCUT2D eigenvalue weighted by Gasteiger charge is 2.23. The minimum atomic E-state index is -2.98. The topological polar surface area (TPSA) is 49.4 Å². The van der Waals surface area contributed by atoms with Gasteiger partial charge in [0, 0.05) is 13.1 Å². The first kappa shape index (κ1) is 13.3. The second kappa shape index (κ2) is 6.16. The summed E-state index contributed by atoms with van der Waals surface area (Å²) in [4.78, 5) is 0. The van der Waals surface area contributed by atoms with Crippen LogP contribution in [-0.2, 0) is 10.0 Å². The van der Waals surface area contributed by atoms with Gasteiger partial charge in [-0.1, -0.05) is 6.42 Å². The summed E-state index contributed by atoms with van der Waals surface area (Å²) >= 11 is 0. The molecule has 0 aromatic heterocycles. The summed E-state index contributed by atoms with van der Waals surface area (Å²) in [6, 6.07) is 0. The van der Waals surface area contributed by atoms with Crippen LogP contribution in [0.25, 0.3) is 0 Å². The normalized spacial score (nSPS) is 22.8. The third-order valence-corrected chi connectivity index (χ3v) is 5.55. The van der Waals surface area contributed by atoms with E-state index < -0.39 is 10.0 Å². The fourth-order valence-corrected chi connectivity index (χ4v) is 3.86. The molecule has 1 N–H and O–H groups in total. The van der Waals surface area contributed by atoms with E-state index >= 15 is 0 Å². The lowest BCUT2D eigenvalue weighted by Gasteiger charge is -2.25. The first-order valence-corrected chi connectivity index (χ1v) is 8.48. The first-order valence-electron chi connectivity index (χ1n) is 6.87. The molecule has 0 bridgehead atoms. The Labute approximate surface area is 105 Å². The minimum Gasteiger partial charge on any atom is -0.316 e. The molecule has 1 heterocycles. The first-order chi connectivity index (χ1) is 8.18. The van der Waals surface area contributed by atoms with Crippen LogP contribution >= 0.6 is 0 Å². The summed E-state index contributed by atoms with van der Waals surface area (Å²) < 4.78 is 25.7. The van der Waals surface area contributed by atoms with Crippen molar-refractivity contribution in [2.75, 3.05) is 31.9 Å². The van der Waals surface area contributed by atoms with Crippen LogP contribution in [0.3, 0.4) is 0 Å². The van der Waals surface area contributed by atoms with Gasteiger partial charge in [-0.2, -0.15) is 0 Å². The van der Waals surface area contributed by atoms with Crippen molar-refractivity contribution in [3.8, 4) is 0 Å². The van der Waals surface area contributed by atoms with Crippen molar-refractivity contribution in [1.82, 2.24) is 9.62 Å². The van der Waals surface area contributed by atoms with Gasteiger partial charge in [-0.25, -0.2) is 12.7 Å². The van der Waals surface area contributed by atoms with Crippen LogP contribution in [0.15, 0.2) is 0 Å². The van der Waals surface area contributed by atoms with E-state index in [0.717, 1.165) is 51.4 Å². The van der Waals surface area contributed by atoms with E-state index in [2.05, 4.69) is 5.32 Å². The third kappa shape index (κ3) is 4.56. The molecular weight excluding hydrogens is 236 g/mol. The van der Waals surface area contributed by atoms with Gasteiger partial charge in [0.2, 0.25) is 10.0 Å². The predicted molar refractivity (Wildman–Crippen MR) is 69.4 cm³/mol. The number of hydrogen-bond donors (Lipinski definition) is 1. The Hall–Kier alpha value is -0.130. The number of nitrogens with one attached hydrogen (secondary N) is 1. The highest BCUT2D eigenvalue weighted by atomic mass is 32.2. The Morgan fingerprint density at radius 2 is 1.82 bits per heavy atom. The standard InChI is InChI=1S/C12H24N2O2S/c15-17(16,14-8-2-1-3-9-14)10-4-7-13-11-12-5-6-12/h12-13H,1-11H2. The second-order valence-corrected chi connectivity index (χ2v) is 7.37. The van der Waals surface area contributed by atoms with Crippen molar-refractivity contribution in [1.29, 1.82) is 0 Å². The Morgan fingerprint density at radius 3 is 2.47 bits per heavy atom. The highest BCUT2D eigenvalue weighted by molar-refractivity contribution is 7.89. The highest BCUT2D eigenvalue weighted by Crippen LogP contribution is 2.27. The number of nitrogens with zero attached hydrogens (tertiary/aromatic N) is 1. The van der Waals surface area contributed by atoms with Crippen molar-refractivity contribution in [2.45, 2.75) is 38.5 Å². The maximum absolute atomic E-state index is 12.0. The van der Waals surface area contributed by atoms with Gasteiger partial charge in [-0.3, -0.25) is 0 Å². The average Bonchev–Trinajstić information content (AvgIpc) is 3.14. The molecule has 100 valence electrons. The number of sulfonamides is 1. The van der Waals surface area contributed by atoms with Gasteiger partial charge in [0.05, 0.1) is 5.75 Å². The van der Waals surface area contributed by atoms with Gasteiger partial charge in [0.1, 0.15) is 0 Å². The Balaban J connectivity index is 1.61. The van der Waals surface area contributed by atoms with Crippen LogP contribution in [0.4, 0.5) is 0 Å². The molecule has 1 aliphatic carbocycles. The second-order valence-electron chi connectivity index (χ2n) is 5.28. The fraction of sp³-hybridized carbons (Fsp3) is 1.00. The Kier molecular flexibility index (Phi) is 4.82. The number of rotatable bonds is 7. The summed E-state index contributed by atoms with van der Waals surface area (Å²) in [5.41, 5.74) is 0. The summed E-state index contributed by atoms with van der Waals surface area (Å²) in [5, 5.41) is 3.34. The van der Waals surface area contributed by atoms with Crippen LogP contribution in [0.5, 0.6) is 0 Å². The molecule has 0 spiro atoms. The van der Waals surface area contributed by atoms with Crippen molar-refractivity contribution >= 4 is 10.0 Å². The van der Waals surface area contributed by atoms with Crippen molar-refractivity contribution in [3.05, 3.63) is 0 Å². The molecule has 17 heavy (non-hydrogen) atoms. The molecule has 2 fully saturated rings. The fourth-order valence-electron chi connectivity index (χ4n) is 2.28. The largest absolute Gasteiger partial charge is 0.316 e. The van der Waals surface area contributed by atoms with Gasteiger partial charge in [-0.15, -0.1) is 0 Å². The van der Waals surface area contributed by atoms with E-state index in [-0.39, 0.29) is 0 Å². The maximum atomic E-state index is 12.0. The molecule has 4 nitrogen and oxygen atoms in total. The van der Waals surface area contributed by atoms with E-state index in [1.165, 1.54) is 19.3 Å². The molecule has 0 aromatic rings. The molecule has 1 saturated heterocycles. The van der Waals surface area contributed by atoms with Gasteiger partial charge in [0.25, 0.3) is 0 Å². The van der Waals surface area contributed by atoms with Crippen LogP contribution in [0.1, 0.15) is 38.5 Å². The number of piperidine rings is 1. The lowest BCUT2D eigenvalue weighted by atomic mass is 10.2. The summed E-state index contributed by atoms with van der Waals surface area (Å²) in [6.45, 7) is 3.38. The quantitative estimate of drug-likeness (QED) is 0.700. The predicted octanol–water partition coefficient (Wildman–Crippen LogP) is 1.19. The molecule has 0 unspecified atom stereocenters. The molecule has 0 radical (unpaired) electrons. The minimum absolute atomic E-state index is 0.310. The molecular formula is C12H24N2O2S. The smallest absolute Gasteiger partial charge is 0.214 e. The van der Waals surface area contributed by atoms with E-state index in [4.69, 9.17) is 0 Å². The van der Waals surface area contributed by atoms with Crippen LogP contribution in [0, 0.1) is 5.92 Å². The molecule has 2 aliphatic rings. The molecule has 0 atom stereocenters. The SMILES string of the molecule is O=S(=O)(CCCNCC1CC1)N1CCCCC1. The Bertz CT molecular complexity index is 319. The van der Waals surface area contributed by atoms with E-state index in [1.807, 2.05) is 0 Å². The van der Waals surface area contributed by atoms with Crippen LogP contribution in [-0.4, -0.2) is 44.7 Å². The summed E-state index contributed by atoms with van der Waals surface area (Å²) in [6.07, 6.45) is 6.66. The van der Waals surface area contributed by atoms with Gasteiger partial charge < -0.3 is 5.32 Å². The maximum Gasteiger partial charge on any atom is 0.214 e. The van der Waals surface area contributed by atoms with Crippen molar-refractivity contribution in [2.24, 2.45) is 5.92 Å². The van der Waals surface area contributed by atoms with Crippen LogP contribution in [0.2, 0.25) is 0 Å². The van der Waals surface area contributed by atoms with Crippen molar-refractivity contribution < 1.29 is 8.42 Å². The number of hydrogen-bond acceptors (Lipinski definition) is 3. The van der Waals surface area contributed by atoms with Crippen LogP contribution < -0.4 is 5.32 Å². The molecule has 0 amide bonds. The van der Waals surface area contributed by atoms with Gasteiger partial charge in [0.15, 0.2) is 0 Å². The zero-order valence-corrected chi connectivity index (χ0v) is 11.3. The zero-order valence-electron chi connectivity index (χ0n) is 10.5. The summed E-state index contributed by atoms with van der Waals surface area (Å²) in [7, 11) is -2.98. The molecule has 1 saturated carbocycles. The van der Waals surface area contributed by atoms with Crippen molar-refractivity contribution in [3.63, 3.8) is 0 Å². The zero-order chi connectivity index (χ0) is 12.1. The van der Waals surface area contributed by atoms with Gasteiger partial charge in [-0.05, 0) is 51.1 Å². The molecule has 2 rings (SSSR count). The summed E-state index contributed by atoms with van der Waals surface area (Å²) in [5.74, 6) is 1.18. The molecule has 0 aromatic carbocycles. The lowest BCUT2D eigenvalue weighted by Crippen LogP contribution is -2.37. The average molecular weight is 260 g/mol. The van der Waals surface area contributed by atoms with Gasteiger partial charge >= 0.3 is 0 Å². The molecule has 1 aliphatic heterocycles. The molecule has 5 heteroatoms. The van der Waals surface area contributed by atoms with E-state index in [0.29, 0.717) is 5.75 Å². The Morgan fingerprint density at radius 1 is 1.12 bits per heavy atom. The van der Waals surface area contributed by atoms with E-state index in [1.54, 1.807) is 4.31 Å². The monoisotopic (exact) mass is 260 g/mol. The third-order valence-electron chi connectivity index (χ3n) is 3.59.